The minimum atomic E-state index is -0.0138. The molecule has 1 rings (SSSR count). The van der Waals surface area contributed by atoms with Crippen LogP contribution in [0.15, 0.2) is 12.1 Å². The molecule has 0 fully saturated rings. The molecule has 1 aromatic rings. The van der Waals surface area contributed by atoms with Gasteiger partial charge in [0.1, 0.15) is 0 Å². The Hall–Kier alpha value is -0.960. The molecule has 0 saturated carbocycles. The van der Waals surface area contributed by atoms with Gasteiger partial charge in [-0.05, 0) is 45.1 Å². The summed E-state index contributed by atoms with van der Waals surface area (Å²) < 4.78 is 0. The minimum absolute atomic E-state index is 0.0138. The number of benzene rings is 1. The third-order valence-corrected chi connectivity index (χ3v) is 3.57. The topological polar surface area (TPSA) is 29.1 Å². The second-order valence-electron chi connectivity index (χ2n) is 4.14. The van der Waals surface area contributed by atoms with Crippen molar-refractivity contribution >= 4 is 23.4 Å². The Morgan fingerprint density at radius 2 is 1.75 bits per heavy atom. The van der Waals surface area contributed by atoms with Crippen LogP contribution in [0, 0.1) is 20.8 Å². The Morgan fingerprint density at radius 3 is 2.19 bits per heavy atom. The van der Waals surface area contributed by atoms with Gasteiger partial charge >= 0.3 is 0 Å². The first-order valence-corrected chi connectivity index (χ1v) is 6.66. The zero-order valence-corrected chi connectivity index (χ0v) is 11.4. The highest BCUT2D eigenvalue weighted by Crippen LogP contribution is 2.22. The number of thioether (sulfide) groups is 1. The lowest BCUT2D eigenvalue weighted by molar-refractivity contribution is -0.115. The van der Waals surface area contributed by atoms with Crippen molar-refractivity contribution in [1.29, 1.82) is 0 Å². The molecule has 0 saturated heterocycles. The lowest BCUT2D eigenvalue weighted by Crippen LogP contribution is -2.23. The molecule has 0 aliphatic carbocycles. The Kier molecular flexibility index (Phi) is 4.42. The van der Waals surface area contributed by atoms with Crippen molar-refractivity contribution < 1.29 is 4.79 Å². The van der Waals surface area contributed by atoms with E-state index in [1.54, 1.807) is 11.8 Å². The molecule has 1 aromatic carbocycles. The summed E-state index contributed by atoms with van der Waals surface area (Å²) >= 11 is 1.55. The molecule has 88 valence electrons. The molecule has 0 radical (unpaired) electrons. The van der Waals surface area contributed by atoms with Gasteiger partial charge in [0.15, 0.2) is 0 Å². The van der Waals surface area contributed by atoms with Crippen LogP contribution in [0.3, 0.4) is 0 Å². The van der Waals surface area contributed by atoms with Gasteiger partial charge in [-0.15, -0.1) is 0 Å². The molecule has 3 heteroatoms. The number of nitrogens with one attached hydrogen (secondary N) is 1. The minimum Gasteiger partial charge on any atom is -0.325 e. The highest BCUT2D eigenvalue weighted by atomic mass is 32.2. The first kappa shape index (κ1) is 13.1. The SMILES string of the molecule is CSC(C)C(=O)Nc1c(C)cc(C)cc1C. The first-order valence-electron chi connectivity index (χ1n) is 5.37. The number of amides is 1. The van der Waals surface area contributed by atoms with Crippen LogP contribution in [0.1, 0.15) is 23.6 Å². The normalized spacial score (nSPS) is 12.3. The third-order valence-electron chi connectivity index (χ3n) is 2.65. The molecule has 1 amide bonds. The van der Waals surface area contributed by atoms with Crippen molar-refractivity contribution in [3.63, 3.8) is 0 Å². The Balaban J connectivity index is 2.93. The van der Waals surface area contributed by atoms with E-state index >= 15 is 0 Å². The number of carbonyl (C=O) groups excluding carboxylic acids is 1. The molecular weight excluding hydrogens is 218 g/mol. The van der Waals surface area contributed by atoms with Crippen LogP contribution in [0.5, 0.6) is 0 Å². The third kappa shape index (κ3) is 3.01. The fourth-order valence-corrected chi connectivity index (χ4v) is 1.98. The molecule has 0 aliphatic heterocycles. The molecular formula is C13H19NOS. The van der Waals surface area contributed by atoms with Crippen molar-refractivity contribution in [3.8, 4) is 0 Å². The van der Waals surface area contributed by atoms with Crippen LogP contribution in [-0.4, -0.2) is 17.4 Å². The van der Waals surface area contributed by atoms with Crippen LogP contribution in [0.2, 0.25) is 0 Å². The van der Waals surface area contributed by atoms with E-state index in [0.717, 1.165) is 16.8 Å². The van der Waals surface area contributed by atoms with E-state index in [1.807, 2.05) is 27.0 Å². The second-order valence-corrected chi connectivity index (χ2v) is 5.32. The summed E-state index contributed by atoms with van der Waals surface area (Å²) in [5.74, 6) is 0.0718. The Bertz CT molecular complexity index is 378. The molecule has 0 spiro atoms. The number of anilines is 1. The molecule has 1 atom stereocenters. The van der Waals surface area contributed by atoms with Crippen molar-refractivity contribution in [2.75, 3.05) is 11.6 Å². The van der Waals surface area contributed by atoms with Crippen LogP contribution >= 0.6 is 11.8 Å². The van der Waals surface area contributed by atoms with E-state index in [9.17, 15) is 4.79 Å². The van der Waals surface area contributed by atoms with Gasteiger partial charge in [0.25, 0.3) is 0 Å². The van der Waals surface area contributed by atoms with Gasteiger partial charge < -0.3 is 5.32 Å². The van der Waals surface area contributed by atoms with E-state index in [-0.39, 0.29) is 11.2 Å². The van der Waals surface area contributed by atoms with Gasteiger partial charge in [-0.1, -0.05) is 17.7 Å². The van der Waals surface area contributed by atoms with E-state index < -0.39 is 0 Å². The molecule has 16 heavy (non-hydrogen) atoms. The van der Waals surface area contributed by atoms with E-state index in [2.05, 4.69) is 24.4 Å². The maximum absolute atomic E-state index is 11.8. The molecule has 0 aliphatic rings. The maximum Gasteiger partial charge on any atom is 0.237 e. The zero-order valence-electron chi connectivity index (χ0n) is 10.5. The molecule has 0 bridgehead atoms. The van der Waals surface area contributed by atoms with Crippen molar-refractivity contribution in [2.24, 2.45) is 0 Å². The lowest BCUT2D eigenvalue weighted by Gasteiger charge is -2.15. The van der Waals surface area contributed by atoms with Gasteiger partial charge in [0, 0.05) is 5.69 Å². The summed E-state index contributed by atoms with van der Waals surface area (Å²) in [6, 6.07) is 4.18. The number of rotatable bonds is 3. The smallest absolute Gasteiger partial charge is 0.237 e. The van der Waals surface area contributed by atoms with E-state index in [1.165, 1.54) is 5.56 Å². The monoisotopic (exact) mass is 237 g/mol. The quantitative estimate of drug-likeness (QED) is 0.874. The van der Waals surface area contributed by atoms with Gasteiger partial charge in [0.2, 0.25) is 5.91 Å². The second kappa shape index (κ2) is 5.39. The standard InChI is InChI=1S/C13H19NOS/c1-8-6-9(2)12(10(3)7-8)14-13(15)11(4)16-5/h6-7,11H,1-5H3,(H,14,15). The molecule has 0 aromatic heterocycles. The highest BCUT2D eigenvalue weighted by molar-refractivity contribution is 7.99. The van der Waals surface area contributed by atoms with E-state index in [0.29, 0.717) is 0 Å². The lowest BCUT2D eigenvalue weighted by atomic mass is 10.1. The van der Waals surface area contributed by atoms with E-state index in [4.69, 9.17) is 0 Å². The van der Waals surface area contributed by atoms with Crippen molar-refractivity contribution in [3.05, 3.63) is 28.8 Å². The predicted molar refractivity (Wildman–Crippen MR) is 72.3 cm³/mol. The summed E-state index contributed by atoms with van der Waals surface area (Å²) in [5, 5.41) is 2.98. The number of aryl methyl sites for hydroxylation is 3. The maximum atomic E-state index is 11.8. The number of carbonyl (C=O) groups is 1. The van der Waals surface area contributed by atoms with Gasteiger partial charge in [-0.3, -0.25) is 4.79 Å². The highest BCUT2D eigenvalue weighted by Gasteiger charge is 2.13. The summed E-state index contributed by atoms with van der Waals surface area (Å²) in [5.41, 5.74) is 4.43. The largest absolute Gasteiger partial charge is 0.325 e. The molecule has 1 N–H and O–H groups in total. The molecule has 2 nitrogen and oxygen atoms in total. The summed E-state index contributed by atoms with van der Waals surface area (Å²) in [6.07, 6.45) is 1.94. The fourth-order valence-electron chi connectivity index (χ4n) is 1.71. The average Bonchev–Trinajstić information content (AvgIpc) is 2.21. The Morgan fingerprint density at radius 1 is 1.25 bits per heavy atom. The number of hydrogen-bond acceptors (Lipinski definition) is 2. The summed E-state index contributed by atoms with van der Waals surface area (Å²) in [7, 11) is 0. The van der Waals surface area contributed by atoms with Crippen LogP contribution < -0.4 is 5.32 Å². The van der Waals surface area contributed by atoms with Gasteiger partial charge in [0.05, 0.1) is 5.25 Å². The van der Waals surface area contributed by atoms with Crippen LogP contribution in [0.4, 0.5) is 5.69 Å². The van der Waals surface area contributed by atoms with Gasteiger partial charge in [-0.2, -0.15) is 11.8 Å². The summed E-state index contributed by atoms with van der Waals surface area (Å²) in [4.78, 5) is 11.8. The van der Waals surface area contributed by atoms with Crippen LogP contribution in [-0.2, 0) is 4.79 Å². The van der Waals surface area contributed by atoms with Crippen LogP contribution in [0.25, 0.3) is 0 Å². The number of hydrogen-bond donors (Lipinski definition) is 1. The zero-order chi connectivity index (χ0) is 12.3. The first-order chi connectivity index (χ1) is 7.45. The fraction of sp³-hybridized carbons (Fsp3) is 0.462. The summed E-state index contributed by atoms with van der Waals surface area (Å²) in [6.45, 7) is 8.04. The van der Waals surface area contributed by atoms with Gasteiger partial charge in [-0.25, -0.2) is 0 Å². The predicted octanol–water partition coefficient (Wildman–Crippen LogP) is 3.30. The molecule has 1 unspecified atom stereocenters. The average molecular weight is 237 g/mol. The molecule has 0 heterocycles. The van der Waals surface area contributed by atoms with Crippen molar-refractivity contribution in [2.45, 2.75) is 32.9 Å². The Labute approximate surface area is 102 Å². The van der Waals surface area contributed by atoms with Crippen molar-refractivity contribution in [1.82, 2.24) is 0 Å².